The van der Waals surface area contributed by atoms with E-state index in [9.17, 15) is 9.18 Å². The number of hydrogen-bond donors (Lipinski definition) is 0. The van der Waals surface area contributed by atoms with Gasteiger partial charge in [0, 0.05) is 44.8 Å². The zero-order chi connectivity index (χ0) is 26.6. The second kappa shape index (κ2) is 11.4. The van der Waals surface area contributed by atoms with Crippen LogP contribution in [0.2, 0.25) is 0 Å². The van der Waals surface area contributed by atoms with E-state index < -0.39 is 0 Å². The van der Waals surface area contributed by atoms with Crippen LogP contribution in [0.1, 0.15) is 36.2 Å². The maximum atomic E-state index is 13.9. The lowest BCUT2D eigenvalue weighted by Crippen LogP contribution is -2.50. The Morgan fingerprint density at radius 1 is 0.921 bits per heavy atom. The number of hydrogen-bond acceptors (Lipinski definition) is 6. The molecule has 0 radical (unpaired) electrons. The average molecular weight is 523 g/mol. The van der Waals surface area contributed by atoms with E-state index in [1.54, 1.807) is 44.1 Å². The van der Waals surface area contributed by atoms with Crippen LogP contribution in [0.5, 0.6) is 17.2 Å². The molecule has 2 aromatic carbocycles. The van der Waals surface area contributed by atoms with E-state index in [-0.39, 0.29) is 17.8 Å². The highest BCUT2D eigenvalue weighted by Crippen LogP contribution is 2.33. The molecule has 3 aromatic rings. The fraction of sp³-hybridized carbons (Fsp3) is 0.448. The number of piperidine rings is 2. The van der Waals surface area contributed by atoms with Crippen LogP contribution in [0, 0.1) is 5.82 Å². The first-order chi connectivity index (χ1) is 18.5. The minimum atomic E-state index is -0.310. The van der Waals surface area contributed by atoms with Crippen LogP contribution in [0.25, 0.3) is 11.3 Å². The number of rotatable bonds is 7. The number of benzene rings is 2. The molecule has 202 valence electrons. The molecule has 0 bridgehead atoms. The lowest BCUT2D eigenvalue weighted by atomic mass is 9.98. The minimum Gasteiger partial charge on any atom is -0.497 e. The first-order valence-electron chi connectivity index (χ1n) is 13.2. The molecule has 2 saturated heterocycles. The summed E-state index contributed by atoms with van der Waals surface area (Å²) in [5, 5.41) is 4.60. The Hall–Kier alpha value is -3.59. The second-order valence-electron chi connectivity index (χ2n) is 9.91. The number of para-hydroxylation sites is 1. The summed E-state index contributed by atoms with van der Waals surface area (Å²) in [5.74, 6) is 1.38. The van der Waals surface area contributed by atoms with Crippen LogP contribution in [0.3, 0.4) is 0 Å². The summed E-state index contributed by atoms with van der Waals surface area (Å²) in [7, 11) is 5.02. The van der Waals surface area contributed by atoms with E-state index in [0.29, 0.717) is 47.8 Å². The highest BCUT2D eigenvalue weighted by Gasteiger charge is 2.31. The molecule has 0 spiro atoms. The molecule has 3 heterocycles. The van der Waals surface area contributed by atoms with Crippen molar-refractivity contribution in [2.24, 2.45) is 7.05 Å². The van der Waals surface area contributed by atoms with Crippen molar-refractivity contribution < 1.29 is 23.4 Å². The molecule has 1 aromatic heterocycles. The third kappa shape index (κ3) is 5.48. The molecule has 0 aliphatic carbocycles. The van der Waals surface area contributed by atoms with Crippen LogP contribution < -0.4 is 14.2 Å². The molecule has 2 aliphatic heterocycles. The monoisotopic (exact) mass is 522 g/mol. The van der Waals surface area contributed by atoms with E-state index in [4.69, 9.17) is 14.2 Å². The predicted octanol–water partition coefficient (Wildman–Crippen LogP) is 4.39. The lowest BCUT2D eigenvalue weighted by Gasteiger charge is -2.41. The van der Waals surface area contributed by atoms with E-state index in [0.717, 1.165) is 44.3 Å². The van der Waals surface area contributed by atoms with Gasteiger partial charge >= 0.3 is 0 Å². The molecule has 0 N–H and O–H groups in total. The van der Waals surface area contributed by atoms with Gasteiger partial charge in [-0.05, 0) is 62.1 Å². The molecule has 0 atom stereocenters. The number of aryl methyl sites for hydroxylation is 1. The summed E-state index contributed by atoms with van der Waals surface area (Å²) in [4.78, 5) is 17.8. The summed E-state index contributed by atoms with van der Waals surface area (Å²) in [6.45, 7) is 3.26. The molecular formula is C29H35FN4O4. The fourth-order valence-electron chi connectivity index (χ4n) is 5.49. The zero-order valence-corrected chi connectivity index (χ0v) is 22.2. The Balaban J connectivity index is 1.16. The van der Waals surface area contributed by atoms with Gasteiger partial charge in [0.2, 0.25) is 0 Å². The maximum absolute atomic E-state index is 13.9. The van der Waals surface area contributed by atoms with Crippen LogP contribution in [0.15, 0.2) is 48.5 Å². The summed E-state index contributed by atoms with van der Waals surface area (Å²) >= 11 is 0. The first kappa shape index (κ1) is 26.0. The van der Waals surface area contributed by atoms with Gasteiger partial charge in [0.05, 0.1) is 19.9 Å². The Kier molecular flexibility index (Phi) is 7.83. The molecule has 0 saturated carbocycles. The van der Waals surface area contributed by atoms with Gasteiger partial charge in [0.15, 0.2) is 11.6 Å². The van der Waals surface area contributed by atoms with Gasteiger partial charge in [0.1, 0.15) is 23.3 Å². The number of ether oxygens (including phenoxy) is 3. The first-order valence-corrected chi connectivity index (χ1v) is 13.2. The second-order valence-corrected chi connectivity index (χ2v) is 9.91. The summed E-state index contributed by atoms with van der Waals surface area (Å²) in [5.41, 5.74) is 2.00. The smallest absolute Gasteiger partial charge is 0.272 e. The summed E-state index contributed by atoms with van der Waals surface area (Å²) in [6.07, 6.45) is 3.64. The molecule has 0 unspecified atom stereocenters. The van der Waals surface area contributed by atoms with Crippen molar-refractivity contribution in [3.05, 3.63) is 60.0 Å². The van der Waals surface area contributed by atoms with Gasteiger partial charge in [0.25, 0.3) is 5.91 Å². The van der Waals surface area contributed by atoms with Gasteiger partial charge in [-0.1, -0.05) is 12.1 Å². The molecular weight excluding hydrogens is 487 g/mol. The van der Waals surface area contributed by atoms with E-state index in [2.05, 4.69) is 10.00 Å². The highest BCUT2D eigenvalue weighted by molar-refractivity contribution is 5.94. The number of methoxy groups -OCH3 is 2. The highest BCUT2D eigenvalue weighted by atomic mass is 19.1. The Morgan fingerprint density at radius 2 is 1.66 bits per heavy atom. The van der Waals surface area contributed by atoms with Crippen molar-refractivity contribution in [2.75, 3.05) is 40.4 Å². The van der Waals surface area contributed by atoms with Crippen LogP contribution in [-0.2, 0) is 7.05 Å². The Bertz CT molecular complexity index is 1260. The number of amides is 1. The van der Waals surface area contributed by atoms with Gasteiger partial charge in [-0.2, -0.15) is 5.10 Å². The van der Waals surface area contributed by atoms with Gasteiger partial charge < -0.3 is 19.1 Å². The fourth-order valence-corrected chi connectivity index (χ4v) is 5.49. The van der Waals surface area contributed by atoms with Crippen LogP contribution in [-0.4, -0.2) is 78.0 Å². The van der Waals surface area contributed by atoms with Gasteiger partial charge in [-0.3, -0.25) is 14.4 Å². The lowest BCUT2D eigenvalue weighted by molar-refractivity contribution is 0.0412. The standard InChI is InChI=1S/C29H35FN4O4/c1-32-26(19-25(31-32)23-18-22(36-2)8-9-27(23)37-3)29(35)34-14-10-20(11-15-34)33-16-12-21(13-17-33)38-28-7-5-4-6-24(28)30/h4-9,18-21H,10-17H2,1-3H3. The Morgan fingerprint density at radius 3 is 2.34 bits per heavy atom. The SMILES string of the molecule is COc1ccc(OC)c(-c2cc(C(=O)N3CCC(N4CCC(Oc5ccccc5F)CC4)CC3)n(C)n2)c1. The molecule has 9 heteroatoms. The zero-order valence-electron chi connectivity index (χ0n) is 22.2. The maximum Gasteiger partial charge on any atom is 0.272 e. The van der Waals surface area contributed by atoms with E-state index >= 15 is 0 Å². The predicted molar refractivity (Wildman–Crippen MR) is 142 cm³/mol. The molecule has 1 amide bonds. The van der Waals surface area contributed by atoms with Crippen molar-refractivity contribution in [1.29, 1.82) is 0 Å². The largest absolute Gasteiger partial charge is 0.497 e. The van der Waals surface area contributed by atoms with Crippen molar-refractivity contribution in [3.63, 3.8) is 0 Å². The molecule has 8 nitrogen and oxygen atoms in total. The third-order valence-corrected chi connectivity index (χ3v) is 7.66. The van der Waals surface area contributed by atoms with Crippen molar-refractivity contribution >= 4 is 5.91 Å². The number of aromatic nitrogens is 2. The van der Waals surface area contributed by atoms with Crippen molar-refractivity contribution in [2.45, 2.75) is 37.8 Å². The number of likely N-dealkylation sites (tertiary alicyclic amines) is 2. The summed E-state index contributed by atoms with van der Waals surface area (Å²) < 4.78 is 32.4. The van der Waals surface area contributed by atoms with E-state index in [1.165, 1.54) is 6.07 Å². The van der Waals surface area contributed by atoms with Crippen LogP contribution in [0.4, 0.5) is 4.39 Å². The van der Waals surface area contributed by atoms with Gasteiger partial charge in [-0.15, -0.1) is 0 Å². The van der Waals surface area contributed by atoms with Crippen LogP contribution >= 0.6 is 0 Å². The molecule has 38 heavy (non-hydrogen) atoms. The van der Waals surface area contributed by atoms with Crippen molar-refractivity contribution in [1.82, 2.24) is 19.6 Å². The minimum absolute atomic E-state index is 0.0106. The average Bonchev–Trinajstić information content (AvgIpc) is 3.35. The Labute approximate surface area is 222 Å². The summed E-state index contributed by atoms with van der Waals surface area (Å²) in [6, 6.07) is 14.4. The topological polar surface area (TPSA) is 69.1 Å². The molecule has 2 fully saturated rings. The van der Waals surface area contributed by atoms with Crippen molar-refractivity contribution in [3.8, 4) is 28.5 Å². The molecule has 2 aliphatic rings. The molecule has 5 rings (SSSR count). The number of carbonyl (C=O) groups is 1. The normalized spacial score (nSPS) is 17.4. The third-order valence-electron chi connectivity index (χ3n) is 7.66. The quantitative estimate of drug-likeness (QED) is 0.459. The van der Waals surface area contributed by atoms with E-state index in [1.807, 2.05) is 29.2 Å². The number of nitrogens with zero attached hydrogens (tertiary/aromatic N) is 4. The number of halogens is 1. The van der Waals surface area contributed by atoms with Gasteiger partial charge in [-0.25, -0.2) is 4.39 Å². The number of carbonyl (C=O) groups excluding carboxylic acids is 1.